The van der Waals surface area contributed by atoms with Crippen LogP contribution in [0.15, 0.2) is 48.5 Å². The average Bonchev–Trinajstić information content (AvgIpc) is 2.58. The Morgan fingerprint density at radius 3 is 2.50 bits per heavy atom. The molecule has 1 N–H and O–H groups in total. The lowest BCUT2D eigenvalue weighted by Gasteiger charge is -2.27. The molecule has 4 heteroatoms. The van der Waals surface area contributed by atoms with Gasteiger partial charge in [0.25, 0.3) is 5.91 Å². The van der Waals surface area contributed by atoms with Crippen molar-refractivity contribution < 1.29 is 14.3 Å². The molecule has 0 heterocycles. The third-order valence-electron chi connectivity index (χ3n) is 3.59. The first-order valence-electron chi connectivity index (χ1n) is 7.77. The molecule has 2 aromatic carbocycles. The lowest BCUT2D eigenvalue weighted by atomic mass is 10.1. The first kappa shape index (κ1) is 17.7. The number of hydrogen-bond acceptors (Lipinski definition) is 2. The molecule has 3 nitrogen and oxygen atoms in total. The average molecular weight is 325 g/mol. The van der Waals surface area contributed by atoms with Gasteiger partial charge in [-0.2, -0.15) is 0 Å². The lowest BCUT2D eigenvalue weighted by molar-refractivity contribution is 0.0685. The maximum atomic E-state index is 14.3. The number of rotatable bonds is 4. The van der Waals surface area contributed by atoms with Crippen LogP contribution in [0, 0.1) is 17.7 Å². The molecule has 0 spiro atoms. The summed E-state index contributed by atoms with van der Waals surface area (Å²) in [6, 6.07) is 13.8. The second-order valence-corrected chi connectivity index (χ2v) is 5.67. The Morgan fingerprint density at radius 1 is 1.21 bits per heavy atom. The van der Waals surface area contributed by atoms with Crippen molar-refractivity contribution in [1.82, 2.24) is 4.90 Å². The Kier molecular flexibility index (Phi) is 6.11. The highest BCUT2D eigenvalue weighted by Gasteiger charge is 2.22. The number of benzene rings is 2. The molecule has 0 bridgehead atoms. The summed E-state index contributed by atoms with van der Waals surface area (Å²) in [5, 5.41) is 8.69. The van der Waals surface area contributed by atoms with Gasteiger partial charge in [-0.3, -0.25) is 4.79 Å². The summed E-state index contributed by atoms with van der Waals surface area (Å²) >= 11 is 0. The van der Waals surface area contributed by atoms with E-state index in [1.807, 2.05) is 44.2 Å². The predicted octanol–water partition coefficient (Wildman–Crippen LogP) is 3.22. The molecule has 2 aromatic rings. The second kappa shape index (κ2) is 8.28. The summed E-state index contributed by atoms with van der Waals surface area (Å²) in [5.41, 5.74) is 1.44. The van der Waals surface area contributed by atoms with Crippen molar-refractivity contribution in [2.24, 2.45) is 0 Å². The number of carbonyl (C=O) groups is 1. The zero-order valence-electron chi connectivity index (χ0n) is 13.8. The van der Waals surface area contributed by atoms with Crippen molar-refractivity contribution in [1.29, 1.82) is 0 Å². The van der Waals surface area contributed by atoms with E-state index in [0.717, 1.165) is 5.56 Å². The van der Waals surface area contributed by atoms with Gasteiger partial charge in [0, 0.05) is 18.2 Å². The minimum absolute atomic E-state index is 0.0224. The summed E-state index contributed by atoms with van der Waals surface area (Å²) in [7, 11) is 0. The Hall–Kier alpha value is -2.64. The first-order chi connectivity index (χ1) is 11.5. The van der Waals surface area contributed by atoms with E-state index in [9.17, 15) is 9.18 Å². The van der Waals surface area contributed by atoms with Crippen LogP contribution in [0.3, 0.4) is 0 Å². The number of aliphatic hydroxyl groups is 1. The summed E-state index contributed by atoms with van der Waals surface area (Å²) in [6.45, 7) is 3.93. The molecular weight excluding hydrogens is 305 g/mol. The van der Waals surface area contributed by atoms with Crippen LogP contribution in [-0.4, -0.2) is 28.6 Å². The Labute approximate surface area is 141 Å². The number of nitrogens with zero attached hydrogens (tertiary/aromatic N) is 1. The fourth-order valence-corrected chi connectivity index (χ4v) is 2.33. The van der Waals surface area contributed by atoms with Gasteiger partial charge in [-0.25, -0.2) is 4.39 Å². The fraction of sp³-hybridized carbons (Fsp3) is 0.250. The van der Waals surface area contributed by atoms with Gasteiger partial charge in [0.1, 0.15) is 12.4 Å². The van der Waals surface area contributed by atoms with E-state index in [0.29, 0.717) is 12.1 Å². The fourth-order valence-electron chi connectivity index (χ4n) is 2.33. The molecule has 124 valence electrons. The van der Waals surface area contributed by atoms with E-state index in [1.54, 1.807) is 11.0 Å². The zero-order chi connectivity index (χ0) is 17.5. The van der Waals surface area contributed by atoms with Gasteiger partial charge in [0.2, 0.25) is 0 Å². The van der Waals surface area contributed by atoms with Crippen molar-refractivity contribution in [2.75, 3.05) is 6.61 Å². The maximum Gasteiger partial charge on any atom is 0.257 e. The summed E-state index contributed by atoms with van der Waals surface area (Å²) in [6.07, 6.45) is 0. The van der Waals surface area contributed by atoms with Crippen molar-refractivity contribution in [3.63, 3.8) is 0 Å². The monoisotopic (exact) mass is 325 g/mol. The third-order valence-corrected chi connectivity index (χ3v) is 3.59. The van der Waals surface area contributed by atoms with Crippen molar-refractivity contribution in [2.45, 2.75) is 26.4 Å². The quantitative estimate of drug-likeness (QED) is 0.877. The highest BCUT2D eigenvalue weighted by Crippen LogP contribution is 2.17. The van der Waals surface area contributed by atoms with Crippen molar-refractivity contribution in [3.8, 4) is 11.8 Å². The van der Waals surface area contributed by atoms with Gasteiger partial charge in [-0.15, -0.1) is 0 Å². The van der Waals surface area contributed by atoms with Gasteiger partial charge in [0.05, 0.1) is 5.56 Å². The molecule has 0 aliphatic heterocycles. The highest BCUT2D eigenvalue weighted by atomic mass is 19.1. The van der Waals surface area contributed by atoms with Crippen LogP contribution in [0.4, 0.5) is 4.39 Å². The third kappa shape index (κ3) is 4.43. The molecule has 0 saturated carbocycles. The molecule has 0 unspecified atom stereocenters. The minimum Gasteiger partial charge on any atom is -0.384 e. The first-order valence-corrected chi connectivity index (χ1v) is 7.77. The van der Waals surface area contributed by atoms with Gasteiger partial charge in [-0.05, 0) is 37.6 Å². The lowest BCUT2D eigenvalue weighted by Crippen LogP contribution is -2.36. The topological polar surface area (TPSA) is 40.5 Å². The summed E-state index contributed by atoms with van der Waals surface area (Å²) < 4.78 is 14.3. The van der Waals surface area contributed by atoms with Crippen LogP contribution in [0.25, 0.3) is 0 Å². The maximum absolute atomic E-state index is 14.3. The van der Waals surface area contributed by atoms with Crippen LogP contribution < -0.4 is 0 Å². The van der Waals surface area contributed by atoms with E-state index in [4.69, 9.17) is 5.11 Å². The van der Waals surface area contributed by atoms with Gasteiger partial charge in [-0.1, -0.05) is 42.2 Å². The molecule has 0 fully saturated rings. The number of aliphatic hydroxyl groups excluding tert-OH is 1. The van der Waals surface area contributed by atoms with Gasteiger partial charge < -0.3 is 10.0 Å². The molecule has 0 aliphatic carbocycles. The molecule has 1 amide bonds. The predicted molar refractivity (Wildman–Crippen MR) is 91.8 cm³/mol. The van der Waals surface area contributed by atoms with Crippen LogP contribution in [-0.2, 0) is 6.54 Å². The summed E-state index contributed by atoms with van der Waals surface area (Å²) in [5.74, 6) is 4.12. The number of hydrogen-bond donors (Lipinski definition) is 1. The highest BCUT2D eigenvalue weighted by molar-refractivity contribution is 5.94. The minimum atomic E-state index is -0.608. The normalized spacial score (nSPS) is 10.2. The molecular formula is C20H20FNO2. The number of halogens is 1. The Bertz CT molecular complexity index is 760. The second-order valence-electron chi connectivity index (χ2n) is 5.67. The molecule has 0 atom stereocenters. The van der Waals surface area contributed by atoms with Gasteiger partial charge in [0.15, 0.2) is 0 Å². The molecule has 2 rings (SSSR count). The SMILES string of the molecule is CC(C)N(Cc1ccccc1)C(=O)c1ccc(C#CCO)cc1F. The Morgan fingerprint density at radius 2 is 1.92 bits per heavy atom. The van der Waals surface area contributed by atoms with E-state index < -0.39 is 5.82 Å². The van der Waals surface area contributed by atoms with Crippen LogP contribution >= 0.6 is 0 Å². The van der Waals surface area contributed by atoms with Gasteiger partial charge >= 0.3 is 0 Å². The smallest absolute Gasteiger partial charge is 0.257 e. The molecule has 0 radical (unpaired) electrons. The standard InChI is InChI=1S/C20H20FNO2/c1-15(2)22(14-17-7-4-3-5-8-17)20(24)18-11-10-16(9-6-12-23)13-19(18)21/h3-5,7-8,10-11,13,15,23H,12,14H2,1-2H3. The van der Waals surface area contributed by atoms with Crippen LogP contribution in [0.2, 0.25) is 0 Å². The van der Waals surface area contributed by atoms with E-state index in [-0.39, 0.29) is 24.1 Å². The number of carbonyl (C=O) groups excluding carboxylic acids is 1. The van der Waals surface area contributed by atoms with Crippen LogP contribution in [0.1, 0.15) is 35.3 Å². The van der Waals surface area contributed by atoms with E-state index in [2.05, 4.69) is 11.8 Å². The molecule has 0 saturated heterocycles. The van der Waals surface area contributed by atoms with Crippen molar-refractivity contribution in [3.05, 3.63) is 71.0 Å². The zero-order valence-corrected chi connectivity index (χ0v) is 13.8. The molecule has 0 aliphatic rings. The molecule has 0 aromatic heterocycles. The Balaban J connectivity index is 2.26. The largest absolute Gasteiger partial charge is 0.384 e. The van der Waals surface area contributed by atoms with E-state index >= 15 is 0 Å². The molecule has 24 heavy (non-hydrogen) atoms. The summed E-state index contributed by atoms with van der Waals surface area (Å²) in [4.78, 5) is 14.4. The van der Waals surface area contributed by atoms with E-state index in [1.165, 1.54) is 12.1 Å². The van der Waals surface area contributed by atoms with Crippen LogP contribution in [0.5, 0.6) is 0 Å². The number of amides is 1. The van der Waals surface area contributed by atoms with Crippen molar-refractivity contribution >= 4 is 5.91 Å².